The van der Waals surface area contributed by atoms with Crippen molar-refractivity contribution in [3.8, 4) is 0 Å². The van der Waals surface area contributed by atoms with Crippen molar-refractivity contribution in [2.75, 3.05) is 52.4 Å². The second-order valence-corrected chi connectivity index (χ2v) is 7.01. The lowest BCUT2D eigenvalue weighted by Crippen LogP contribution is -2.44. The van der Waals surface area contributed by atoms with Crippen LogP contribution >= 0.6 is 0 Å². The van der Waals surface area contributed by atoms with Crippen LogP contribution in [0.15, 0.2) is 0 Å². The lowest BCUT2D eigenvalue weighted by Gasteiger charge is -2.34. The minimum Gasteiger partial charge on any atom is -0.314 e. The average molecular weight is 326 g/mol. The summed E-state index contributed by atoms with van der Waals surface area (Å²) in [6.45, 7) is 15.6. The van der Waals surface area contributed by atoms with Gasteiger partial charge in [0.05, 0.1) is 0 Å². The van der Waals surface area contributed by atoms with Gasteiger partial charge in [-0.2, -0.15) is 0 Å². The molecule has 0 aromatic carbocycles. The normalized spacial score (nSPS) is 20.8. The maximum atomic E-state index is 11.4. The van der Waals surface area contributed by atoms with Crippen molar-refractivity contribution in [3.05, 3.63) is 0 Å². The SMILES string of the molecule is CCC.CCC(=O)CCN1CCC(CCN2CCNCC2)CC1. The van der Waals surface area contributed by atoms with E-state index in [0.29, 0.717) is 12.2 Å². The summed E-state index contributed by atoms with van der Waals surface area (Å²) in [5.41, 5.74) is 0. The van der Waals surface area contributed by atoms with Crippen LogP contribution in [0.5, 0.6) is 0 Å². The monoisotopic (exact) mass is 325 g/mol. The van der Waals surface area contributed by atoms with Crippen molar-refractivity contribution in [1.29, 1.82) is 0 Å². The largest absolute Gasteiger partial charge is 0.314 e. The van der Waals surface area contributed by atoms with Gasteiger partial charge in [-0.15, -0.1) is 0 Å². The highest BCUT2D eigenvalue weighted by molar-refractivity contribution is 5.78. The van der Waals surface area contributed by atoms with Gasteiger partial charge in [-0.1, -0.05) is 27.2 Å². The molecular formula is C19H39N3O. The van der Waals surface area contributed by atoms with Gasteiger partial charge in [0.2, 0.25) is 0 Å². The fourth-order valence-electron chi connectivity index (χ4n) is 3.26. The van der Waals surface area contributed by atoms with Gasteiger partial charge >= 0.3 is 0 Å². The quantitative estimate of drug-likeness (QED) is 0.781. The molecule has 0 spiro atoms. The van der Waals surface area contributed by atoms with E-state index in [4.69, 9.17) is 0 Å². The van der Waals surface area contributed by atoms with E-state index in [0.717, 1.165) is 32.0 Å². The maximum Gasteiger partial charge on any atom is 0.133 e. The number of piperidine rings is 1. The fourth-order valence-corrected chi connectivity index (χ4v) is 3.26. The Labute approximate surface area is 144 Å². The Morgan fingerprint density at radius 1 is 0.957 bits per heavy atom. The van der Waals surface area contributed by atoms with Crippen LogP contribution in [0.2, 0.25) is 0 Å². The molecule has 0 saturated carbocycles. The number of hydrogen-bond acceptors (Lipinski definition) is 4. The summed E-state index contributed by atoms with van der Waals surface area (Å²) in [5.74, 6) is 1.31. The van der Waals surface area contributed by atoms with E-state index >= 15 is 0 Å². The average Bonchev–Trinajstić information content (AvgIpc) is 2.60. The maximum absolute atomic E-state index is 11.4. The first-order chi connectivity index (χ1) is 11.2. The van der Waals surface area contributed by atoms with Gasteiger partial charge in [-0.05, 0) is 44.8 Å². The summed E-state index contributed by atoms with van der Waals surface area (Å²) < 4.78 is 0. The third-order valence-corrected chi connectivity index (χ3v) is 4.87. The van der Waals surface area contributed by atoms with Gasteiger partial charge in [-0.25, -0.2) is 0 Å². The van der Waals surface area contributed by atoms with E-state index in [1.54, 1.807) is 0 Å². The number of likely N-dealkylation sites (tertiary alicyclic amines) is 1. The number of Topliss-reactive ketones (excluding diaryl/α,β-unsaturated/α-hetero) is 1. The Bertz CT molecular complexity index is 295. The highest BCUT2D eigenvalue weighted by Crippen LogP contribution is 2.21. The van der Waals surface area contributed by atoms with Crippen LogP contribution in [-0.4, -0.2) is 67.9 Å². The molecular weight excluding hydrogens is 286 g/mol. The van der Waals surface area contributed by atoms with Gasteiger partial charge in [0.1, 0.15) is 5.78 Å². The molecule has 4 heteroatoms. The predicted molar refractivity (Wildman–Crippen MR) is 99.0 cm³/mol. The van der Waals surface area contributed by atoms with Gasteiger partial charge in [-0.3, -0.25) is 4.79 Å². The fraction of sp³-hybridized carbons (Fsp3) is 0.947. The first kappa shape index (κ1) is 20.6. The lowest BCUT2D eigenvalue weighted by atomic mass is 9.93. The van der Waals surface area contributed by atoms with Crippen LogP contribution in [0.4, 0.5) is 0 Å². The molecule has 136 valence electrons. The summed E-state index contributed by atoms with van der Waals surface area (Å²) in [6, 6.07) is 0. The zero-order valence-corrected chi connectivity index (χ0v) is 15.8. The van der Waals surface area contributed by atoms with Crippen LogP contribution in [0.25, 0.3) is 0 Å². The second kappa shape index (κ2) is 12.9. The third kappa shape index (κ3) is 9.43. The molecule has 2 aliphatic rings. The number of nitrogens with one attached hydrogen (secondary N) is 1. The Balaban J connectivity index is 0.000000816. The number of rotatable bonds is 7. The molecule has 23 heavy (non-hydrogen) atoms. The minimum atomic E-state index is 0.408. The molecule has 2 saturated heterocycles. The summed E-state index contributed by atoms with van der Waals surface area (Å²) >= 11 is 0. The summed E-state index contributed by atoms with van der Waals surface area (Å²) in [7, 11) is 0. The second-order valence-electron chi connectivity index (χ2n) is 7.01. The number of piperazine rings is 1. The Morgan fingerprint density at radius 2 is 1.52 bits per heavy atom. The molecule has 0 aliphatic carbocycles. The number of carbonyl (C=O) groups excluding carboxylic acids is 1. The zero-order chi connectivity index (χ0) is 16.9. The van der Waals surface area contributed by atoms with Crippen LogP contribution in [0.1, 0.15) is 59.3 Å². The highest BCUT2D eigenvalue weighted by atomic mass is 16.1. The standard InChI is InChI=1S/C16H31N3O.C3H8/c1-2-16(20)6-12-18-9-3-15(4-10-18)5-11-19-13-7-17-8-14-19;1-3-2/h15,17H,2-14H2,1H3;3H2,1-2H3. The Hall–Kier alpha value is -0.450. The molecule has 2 fully saturated rings. The first-order valence-corrected chi connectivity index (χ1v) is 9.86. The topological polar surface area (TPSA) is 35.6 Å². The molecule has 0 aromatic heterocycles. The van der Waals surface area contributed by atoms with E-state index in [9.17, 15) is 4.79 Å². The van der Waals surface area contributed by atoms with Gasteiger partial charge in [0.25, 0.3) is 0 Å². The Morgan fingerprint density at radius 3 is 2.09 bits per heavy atom. The van der Waals surface area contributed by atoms with Crippen molar-refractivity contribution >= 4 is 5.78 Å². The van der Waals surface area contributed by atoms with E-state index in [1.807, 2.05) is 6.92 Å². The van der Waals surface area contributed by atoms with Crippen LogP contribution in [0.3, 0.4) is 0 Å². The number of ketones is 1. The number of hydrogen-bond donors (Lipinski definition) is 1. The zero-order valence-electron chi connectivity index (χ0n) is 15.8. The lowest BCUT2D eigenvalue weighted by molar-refractivity contribution is -0.119. The van der Waals surface area contributed by atoms with Gasteiger partial charge in [0, 0.05) is 45.6 Å². The molecule has 0 unspecified atom stereocenters. The van der Waals surface area contributed by atoms with E-state index < -0.39 is 0 Å². The summed E-state index contributed by atoms with van der Waals surface area (Å²) in [4.78, 5) is 16.4. The molecule has 0 atom stereocenters. The first-order valence-electron chi connectivity index (χ1n) is 9.86. The molecule has 1 N–H and O–H groups in total. The molecule has 2 aliphatic heterocycles. The third-order valence-electron chi connectivity index (χ3n) is 4.87. The van der Waals surface area contributed by atoms with E-state index in [1.165, 1.54) is 58.4 Å². The molecule has 4 nitrogen and oxygen atoms in total. The summed E-state index contributed by atoms with van der Waals surface area (Å²) in [6.07, 6.45) is 6.71. The number of carbonyl (C=O) groups is 1. The predicted octanol–water partition coefficient (Wildman–Crippen LogP) is 2.78. The molecule has 0 bridgehead atoms. The molecule has 2 heterocycles. The van der Waals surface area contributed by atoms with Crippen molar-refractivity contribution in [3.63, 3.8) is 0 Å². The Kier molecular flexibility index (Phi) is 11.6. The number of nitrogens with zero attached hydrogens (tertiary/aromatic N) is 2. The molecule has 0 aromatic rings. The molecule has 0 amide bonds. The summed E-state index contributed by atoms with van der Waals surface area (Å²) in [5, 5.41) is 3.41. The van der Waals surface area contributed by atoms with E-state index in [-0.39, 0.29) is 0 Å². The van der Waals surface area contributed by atoms with Crippen LogP contribution < -0.4 is 5.32 Å². The van der Waals surface area contributed by atoms with Crippen molar-refractivity contribution < 1.29 is 4.79 Å². The molecule has 0 radical (unpaired) electrons. The molecule has 2 rings (SSSR count). The van der Waals surface area contributed by atoms with Crippen molar-refractivity contribution in [2.45, 2.75) is 59.3 Å². The van der Waals surface area contributed by atoms with E-state index in [2.05, 4.69) is 29.0 Å². The van der Waals surface area contributed by atoms with Gasteiger partial charge < -0.3 is 15.1 Å². The minimum absolute atomic E-state index is 0.408. The van der Waals surface area contributed by atoms with Crippen molar-refractivity contribution in [1.82, 2.24) is 15.1 Å². The van der Waals surface area contributed by atoms with Crippen LogP contribution in [-0.2, 0) is 4.79 Å². The highest BCUT2D eigenvalue weighted by Gasteiger charge is 2.20. The van der Waals surface area contributed by atoms with Crippen molar-refractivity contribution in [2.24, 2.45) is 5.92 Å². The van der Waals surface area contributed by atoms with Gasteiger partial charge in [0.15, 0.2) is 0 Å². The van der Waals surface area contributed by atoms with Crippen LogP contribution in [0, 0.1) is 5.92 Å². The smallest absolute Gasteiger partial charge is 0.133 e.